The Labute approximate surface area is 99.0 Å². The first-order valence-corrected chi connectivity index (χ1v) is 6.16. The van der Waals surface area contributed by atoms with Crippen LogP contribution in [0.15, 0.2) is 30.3 Å². The highest BCUT2D eigenvalue weighted by atomic mass is 14.9. The van der Waals surface area contributed by atoms with Crippen molar-refractivity contribution >= 4 is 0 Å². The molecule has 0 bridgehead atoms. The predicted octanol–water partition coefficient (Wildman–Crippen LogP) is 3.48. The molecule has 1 aromatic rings. The van der Waals surface area contributed by atoms with Crippen LogP contribution in [0.25, 0.3) is 0 Å². The number of nitrogens with two attached hydrogens (primary N) is 1. The summed E-state index contributed by atoms with van der Waals surface area (Å²) in [5.41, 5.74) is 8.10. The van der Waals surface area contributed by atoms with Gasteiger partial charge in [0.1, 0.15) is 0 Å². The molecule has 0 radical (unpaired) electrons. The smallest absolute Gasteiger partial charge is 0.0215 e. The van der Waals surface area contributed by atoms with Crippen LogP contribution in [-0.2, 0) is 5.41 Å². The fraction of sp³-hybridized carbons (Fsp3) is 0.600. The van der Waals surface area contributed by atoms with E-state index in [9.17, 15) is 0 Å². The molecule has 1 aliphatic rings. The molecule has 1 aromatic carbocycles. The molecule has 1 heteroatoms. The summed E-state index contributed by atoms with van der Waals surface area (Å²) < 4.78 is 0. The summed E-state index contributed by atoms with van der Waals surface area (Å²) in [6, 6.07) is 10.7. The highest BCUT2D eigenvalue weighted by Gasteiger charge is 2.57. The van der Waals surface area contributed by atoms with E-state index in [2.05, 4.69) is 58.0 Å². The third-order valence-electron chi connectivity index (χ3n) is 5.09. The standard InChI is InChI=1S/C15H23N/c1-13(2,12-8-6-5-7-9-12)14(3,4)15(16)10-11-15/h5-9H,10-11,16H2,1-4H3. The third-order valence-corrected chi connectivity index (χ3v) is 5.09. The molecule has 88 valence electrons. The highest BCUT2D eigenvalue weighted by molar-refractivity contribution is 5.30. The number of benzene rings is 1. The van der Waals surface area contributed by atoms with Gasteiger partial charge in [0.2, 0.25) is 0 Å². The quantitative estimate of drug-likeness (QED) is 0.824. The lowest BCUT2D eigenvalue weighted by atomic mass is 9.59. The summed E-state index contributed by atoms with van der Waals surface area (Å²) in [7, 11) is 0. The minimum absolute atomic E-state index is 0.0341. The van der Waals surface area contributed by atoms with Crippen LogP contribution in [0.3, 0.4) is 0 Å². The summed E-state index contributed by atoms with van der Waals surface area (Å²) in [5.74, 6) is 0. The molecule has 1 fully saturated rings. The Balaban J connectivity index is 2.39. The van der Waals surface area contributed by atoms with Gasteiger partial charge in [0.15, 0.2) is 0 Å². The van der Waals surface area contributed by atoms with E-state index in [1.54, 1.807) is 0 Å². The zero-order chi connectivity index (χ0) is 12.0. The van der Waals surface area contributed by atoms with Crippen LogP contribution in [0.1, 0.15) is 46.1 Å². The summed E-state index contributed by atoms with van der Waals surface area (Å²) in [4.78, 5) is 0. The fourth-order valence-corrected chi connectivity index (χ4v) is 2.60. The molecule has 0 saturated heterocycles. The van der Waals surface area contributed by atoms with Crippen molar-refractivity contribution in [3.8, 4) is 0 Å². The van der Waals surface area contributed by atoms with Crippen LogP contribution in [0.2, 0.25) is 0 Å². The second kappa shape index (κ2) is 3.33. The Morgan fingerprint density at radius 2 is 1.50 bits per heavy atom. The van der Waals surface area contributed by atoms with Gasteiger partial charge in [-0.1, -0.05) is 58.0 Å². The molecule has 2 rings (SSSR count). The zero-order valence-electron chi connectivity index (χ0n) is 10.9. The van der Waals surface area contributed by atoms with Crippen molar-refractivity contribution in [1.82, 2.24) is 0 Å². The van der Waals surface area contributed by atoms with Crippen molar-refractivity contribution in [2.45, 2.75) is 51.5 Å². The lowest BCUT2D eigenvalue weighted by Gasteiger charge is -2.47. The molecular formula is C15H23N. The van der Waals surface area contributed by atoms with Gasteiger partial charge in [-0.05, 0) is 29.2 Å². The maximum Gasteiger partial charge on any atom is 0.0215 e. The zero-order valence-corrected chi connectivity index (χ0v) is 10.9. The van der Waals surface area contributed by atoms with Gasteiger partial charge in [-0.15, -0.1) is 0 Å². The van der Waals surface area contributed by atoms with Crippen molar-refractivity contribution < 1.29 is 0 Å². The van der Waals surface area contributed by atoms with Gasteiger partial charge < -0.3 is 5.73 Å². The van der Waals surface area contributed by atoms with E-state index in [0.29, 0.717) is 0 Å². The summed E-state index contributed by atoms with van der Waals surface area (Å²) in [6.45, 7) is 9.25. The minimum atomic E-state index is 0.0341. The maximum absolute atomic E-state index is 6.45. The molecule has 0 aromatic heterocycles. The fourth-order valence-electron chi connectivity index (χ4n) is 2.60. The van der Waals surface area contributed by atoms with E-state index >= 15 is 0 Å². The summed E-state index contributed by atoms with van der Waals surface area (Å²) >= 11 is 0. The minimum Gasteiger partial charge on any atom is -0.325 e. The van der Waals surface area contributed by atoms with Crippen molar-refractivity contribution in [3.63, 3.8) is 0 Å². The van der Waals surface area contributed by atoms with Gasteiger partial charge in [0.05, 0.1) is 0 Å². The Bertz CT molecular complexity index is 372. The van der Waals surface area contributed by atoms with Gasteiger partial charge in [-0.25, -0.2) is 0 Å². The highest BCUT2D eigenvalue weighted by Crippen LogP contribution is 2.57. The first kappa shape index (κ1) is 11.7. The third kappa shape index (κ3) is 1.49. The Morgan fingerprint density at radius 3 is 1.94 bits per heavy atom. The number of hydrogen-bond donors (Lipinski definition) is 1. The number of hydrogen-bond acceptors (Lipinski definition) is 1. The summed E-state index contributed by atoms with van der Waals surface area (Å²) in [6.07, 6.45) is 2.33. The average Bonchev–Trinajstić information content (AvgIpc) is 2.99. The molecule has 0 atom stereocenters. The van der Waals surface area contributed by atoms with Gasteiger partial charge in [-0.3, -0.25) is 0 Å². The van der Waals surface area contributed by atoms with Crippen molar-refractivity contribution in [3.05, 3.63) is 35.9 Å². The molecule has 2 N–H and O–H groups in total. The molecule has 0 amide bonds. The first-order valence-electron chi connectivity index (χ1n) is 6.16. The van der Waals surface area contributed by atoms with Gasteiger partial charge in [-0.2, -0.15) is 0 Å². The molecular weight excluding hydrogens is 194 g/mol. The lowest BCUT2D eigenvalue weighted by molar-refractivity contribution is 0.138. The molecule has 1 saturated carbocycles. The Kier molecular flexibility index (Phi) is 2.43. The Morgan fingerprint density at radius 1 is 1.00 bits per heavy atom. The summed E-state index contributed by atoms with van der Waals surface area (Å²) in [5, 5.41) is 0. The van der Waals surface area contributed by atoms with Crippen molar-refractivity contribution in [1.29, 1.82) is 0 Å². The van der Waals surface area contributed by atoms with Crippen LogP contribution >= 0.6 is 0 Å². The number of rotatable bonds is 3. The van der Waals surface area contributed by atoms with Crippen LogP contribution in [0.5, 0.6) is 0 Å². The maximum atomic E-state index is 6.45. The SMILES string of the molecule is CC(C)(c1ccccc1)C(C)(C)C1(N)CC1. The van der Waals surface area contributed by atoms with E-state index in [-0.39, 0.29) is 16.4 Å². The van der Waals surface area contributed by atoms with Gasteiger partial charge in [0.25, 0.3) is 0 Å². The Hall–Kier alpha value is -0.820. The average molecular weight is 217 g/mol. The van der Waals surface area contributed by atoms with E-state index < -0.39 is 0 Å². The van der Waals surface area contributed by atoms with E-state index in [1.807, 2.05) is 0 Å². The van der Waals surface area contributed by atoms with E-state index in [0.717, 1.165) is 12.8 Å². The lowest BCUT2D eigenvalue weighted by Crippen LogP contribution is -2.51. The topological polar surface area (TPSA) is 26.0 Å². The molecule has 1 nitrogen and oxygen atoms in total. The largest absolute Gasteiger partial charge is 0.325 e. The molecule has 1 aliphatic carbocycles. The van der Waals surface area contributed by atoms with E-state index in [1.165, 1.54) is 5.56 Å². The monoisotopic (exact) mass is 217 g/mol. The van der Waals surface area contributed by atoms with Crippen LogP contribution in [0.4, 0.5) is 0 Å². The molecule has 0 unspecified atom stereocenters. The van der Waals surface area contributed by atoms with Crippen LogP contribution in [0, 0.1) is 5.41 Å². The molecule has 0 spiro atoms. The van der Waals surface area contributed by atoms with Gasteiger partial charge >= 0.3 is 0 Å². The molecule has 0 aliphatic heterocycles. The normalized spacial score (nSPS) is 19.6. The van der Waals surface area contributed by atoms with Gasteiger partial charge in [0, 0.05) is 5.54 Å². The second-order valence-electron chi connectivity index (χ2n) is 6.27. The first-order chi connectivity index (χ1) is 7.31. The molecule has 16 heavy (non-hydrogen) atoms. The van der Waals surface area contributed by atoms with Crippen molar-refractivity contribution in [2.75, 3.05) is 0 Å². The van der Waals surface area contributed by atoms with Crippen LogP contribution in [-0.4, -0.2) is 5.54 Å². The predicted molar refractivity (Wildman–Crippen MR) is 69.4 cm³/mol. The van der Waals surface area contributed by atoms with Crippen molar-refractivity contribution in [2.24, 2.45) is 11.1 Å². The van der Waals surface area contributed by atoms with E-state index in [4.69, 9.17) is 5.73 Å². The second-order valence-corrected chi connectivity index (χ2v) is 6.27. The van der Waals surface area contributed by atoms with Crippen LogP contribution < -0.4 is 5.73 Å². The molecule has 0 heterocycles.